The molecule has 0 aliphatic carbocycles. The lowest BCUT2D eigenvalue weighted by Crippen LogP contribution is -2.51. The van der Waals surface area contributed by atoms with Gasteiger partial charge in [0, 0.05) is 11.3 Å². The summed E-state index contributed by atoms with van der Waals surface area (Å²) in [4.78, 5) is 21.9. The number of hydrazine groups is 1. The zero-order chi connectivity index (χ0) is 20.9. The first-order valence-corrected chi connectivity index (χ1v) is 9.68. The molecule has 30 heavy (non-hydrogen) atoms. The third-order valence-corrected chi connectivity index (χ3v) is 5.72. The summed E-state index contributed by atoms with van der Waals surface area (Å²) in [5.74, 6) is 0.343. The number of amides is 1. The average molecular weight is 399 g/mol. The molecule has 2 heterocycles. The molecule has 3 aromatic carbocycles. The van der Waals surface area contributed by atoms with Crippen molar-refractivity contribution in [3.05, 3.63) is 83.2 Å². The minimum atomic E-state index is -1.26. The monoisotopic (exact) mass is 399 g/mol. The van der Waals surface area contributed by atoms with Crippen molar-refractivity contribution in [1.82, 2.24) is 15.4 Å². The number of benzene rings is 3. The van der Waals surface area contributed by atoms with Crippen molar-refractivity contribution >= 4 is 28.3 Å². The van der Waals surface area contributed by atoms with Crippen LogP contribution in [0.4, 0.5) is 11.4 Å². The highest BCUT2D eigenvalue weighted by Gasteiger charge is 2.50. The van der Waals surface area contributed by atoms with Gasteiger partial charge in [0.05, 0.1) is 16.7 Å². The number of hydrogen-bond acceptors (Lipinski definition) is 5. The largest absolute Gasteiger partial charge is 0.508 e. The Balaban J connectivity index is 1.68. The van der Waals surface area contributed by atoms with E-state index in [1.807, 2.05) is 50.2 Å². The molecule has 1 aromatic heterocycles. The molecular formula is C23H21N5O2. The number of imidazole rings is 1. The van der Waals surface area contributed by atoms with Crippen LogP contribution in [0.15, 0.2) is 60.7 Å². The number of carbonyl (C=O) groups is 1. The average Bonchev–Trinajstić information content (AvgIpc) is 3.35. The number of fused-ring (bicyclic) bond motifs is 2. The number of hydrogen-bond donors (Lipinski definition) is 5. The van der Waals surface area contributed by atoms with Crippen LogP contribution in [0.2, 0.25) is 0 Å². The lowest BCUT2D eigenvalue weighted by molar-refractivity contribution is -0.121. The summed E-state index contributed by atoms with van der Waals surface area (Å²) < 4.78 is 0. The second-order valence-electron chi connectivity index (χ2n) is 7.54. The molecule has 1 amide bonds. The van der Waals surface area contributed by atoms with E-state index in [0.717, 1.165) is 33.4 Å². The predicted octanol–water partition coefficient (Wildman–Crippen LogP) is 3.70. The summed E-state index contributed by atoms with van der Waals surface area (Å²) >= 11 is 0. The maximum atomic E-state index is 13.7. The molecule has 1 atom stereocenters. The van der Waals surface area contributed by atoms with Gasteiger partial charge in [-0.15, -0.1) is 0 Å². The first-order valence-electron chi connectivity index (χ1n) is 9.68. The Hall–Kier alpha value is -3.84. The molecule has 0 radical (unpaired) electrons. The first-order chi connectivity index (χ1) is 14.5. The second kappa shape index (κ2) is 6.60. The van der Waals surface area contributed by atoms with Crippen molar-refractivity contribution in [3.63, 3.8) is 0 Å². The normalized spacial score (nSPS) is 17.5. The van der Waals surface area contributed by atoms with Crippen LogP contribution in [0.1, 0.15) is 22.5 Å². The Bertz CT molecular complexity index is 1280. The summed E-state index contributed by atoms with van der Waals surface area (Å²) in [6.45, 7) is 4.07. The topological polar surface area (TPSA) is 102 Å². The number of aromatic hydroxyl groups is 1. The van der Waals surface area contributed by atoms with E-state index in [1.54, 1.807) is 12.1 Å². The van der Waals surface area contributed by atoms with Crippen molar-refractivity contribution < 1.29 is 9.90 Å². The van der Waals surface area contributed by atoms with Crippen LogP contribution in [0.3, 0.4) is 0 Å². The Morgan fingerprint density at radius 1 is 1.03 bits per heavy atom. The van der Waals surface area contributed by atoms with Crippen LogP contribution < -0.4 is 16.2 Å². The molecule has 7 heteroatoms. The predicted molar refractivity (Wildman–Crippen MR) is 116 cm³/mol. The zero-order valence-electron chi connectivity index (χ0n) is 16.6. The summed E-state index contributed by atoms with van der Waals surface area (Å²) in [6.07, 6.45) is 0. The Morgan fingerprint density at radius 2 is 1.80 bits per heavy atom. The van der Waals surface area contributed by atoms with Crippen molar-refractivity contribution in [2.45, 2.75) is 19.4 Å². The fraction of sp³-hybridized carbons (Fsp3) is 0.130. The number of rotatable bonds is 3. The van der Waals surface area contributed by atoms with Gasteiger partial charge in [0.2, 0.25) is 5.54 Å². The van der Waals surface area contributed by atoms with Crippen molar-refractivity contribution in [1.29, 1.82) is 0 Å². The number of para-hydroxylation sites is 1. The molecule has 4 aromatic rings. The van der Waals surface area contributed by atoms with E-state index in [4.69, 9.17) is 4.98 Å². The third-order valence-electron chi connectivity index (χ3n) is 5.72. The van der Waals surface area contributed by atoms with Gasteiger partial charge in [-0.2, -0.15) is 0 Å². The fourth-order valence-corrected chi connectivity index (χ4v) is 3.88. The SMILES string of the molecule is Cc1ccc2[nH]c(C3(C(=O)Nc4ccc(O)cc4)NNc4ccccc43)nc2c1C. The van der Waals surface area contributed by atoms with E-state index in [0.29, 0.717) is 11.5 Å². The van der Waals surface area contributed by atoms with Crippen molar-refractivity contribution in [2.75, 3.05) is 10.7 Å². The van der Waals surface area contributed by atoms with Crippen LogP contribution in [0.25, 0.3) is 11.0 Å². The molecular weight excluding hydrogens is 378 g/mol. The van der Waals surface area contributed by atoms with Gasteiger partial charge in [0.15, 0.2) is 0 Å². The molecule has 0 saturated carbocycles. The summed E-state index contributed by atoms with van der Waals surface area (Å²) in [5, 5.41) is 12.5. The molecule has 5 N–H and O–H groups in total. The van der Waals surface area contributed by atoms with Gasteiger partial charge >= 0.3 is 0 Å². The number of H-pyrrole nitrogens is 1. The Labute approximate surface area is 173 Å². The molecule has 0 saturated heterocycles. The van der Waals surface area contributed by atoms with E-state index in [1.165, 1.54) is 12.1 Å². The van der Waals surface area contributed by atoms with Crippen molar-refractivity contribution in [3.8, 4) is 5.75 Å². The number of aryl methyl sites for hydroxylation is 2. The summed E-state index contributed by atoms with van der Waals surface area (Å²) in [5.41, 5.74) is 11.1. The second-order valence-corrected chi connectivity index (χ2v) is 7.54. The molecule has 0 bridgehead atoms. The van der Waals surface area contributed by atoms with E-state index in [2.05, 4.69) is 21.2 Å². The van der Waals surface area contributed by atoms with Gasteiger partial charge in [-0.25, -0.2) is 10.4 Å². The number of aromatic amines is 1. The van der Waals surface area contributed by atoms with Gasteiger partial charge in [-0.1, -0.05) is 24.3 Å². The maximum absolute atomic E-state index is 13.7. The lowest BCUT2D eigenvalue weighted by atomic mass is 9.88. The number of aromatic nitrogens is 2. The van der Waals surface area contributed by atoms with Crippen LogP contribution in [-0.4, -0.2) is 21.0 Å². The van der Waals surface area contributed by atoms with E-state index in [-0.39, 0.29) is 11.7 Å². The van der Waals surface area contributed by atoms with E-state index >= 15 is 0 Å². The number of nitrogens with zero attached hydrogens (tertiary/aromatic N) is 1. The smallest absolute Gasteiger partial charge is 0.258 e. The molecule has 0 fully saturated rings. The fourth-order valence-electron chi connectivity index (χ4n) is 3.88. The lowest BCUT2D eigenvalue weighted by Gasteiger charge is -2.26. The highest BCUT2D eigenvalue weighted by molar-refractivity contribution is 6.03. The molecule has 1 unspecified atom stereocenters. The minimum Gasteiger partial charge on any atom is -0.508 e. The Morgan fingerprint density at radius 3 is 2.60 bits per heavy atom. The third kappa shape index (κ3) is 2.63. The highest BCUT2D eigenvalue weighted by Crippen LogP contribution is 2.39. The molecule has 150 valence electrons. The number of carbonyl (C=O) groups excluding carboxylic acids is 1. The van der Waals surface area contributed by atoms with Crippen LogP contribution in [-0.2, 0) is 10.3 Å². The van der Waals surface area contributed by atoms with Gasteiger partial charge in [-0.3, -0.25) is 4.79 Å². The van der Waals surface area contributed by atoms with Gasteiger partial charge < -0.3 is 20.8 Å². The molecule has 0 spiro atoms. The molecule has 1 aliphatic heterocycles. The number of nitrogens with one attached hydrogen (secondary N) is 4. The van der Waals surface area contributed by atoms with Crippen LogP contribution in [0, 0.1) is 13.8 Å². The van der Waals surface area contributed by atoms with Crippen molar-refractivity contribution in [2.24, 2.45) is 0 Å². The highest BCUT2D eigenvalue weighted by atomic mass is 16.3. The first kappa shape index (κ1) is 18.2. The summed E-state index contributed by atoms with van der Waals surface area (Å²) in [6, 6.07) is 18.0. The standard InChI is InChI=1S/C23H21N5O2/c1-13-7-12-19-20(14(13)2)26-21(25-19)23(17-5-3-4-6-18(17)27-28-23)22(30)24-15-8-10-16(29)11-9-15/h3-12,27-29H,1-2H3,(H,24,30)(H,25,26). The van der Waals surface area contributed by atoms with Gasteiger partial charge in [0.25, 0.3) is 5.91 Å². The maximum Gasteiger partial charge on any atom is 0.258 e. The molecule has 7 nitrogen and oxygen atoms in total. The quantitative estimate of drug-likeness (QED) is 0.338. The van der Waals surface area contributed by atoms with E-state index < -0.39 is 5.54 Å². The Kier molecular flexibility index (Phi) is 4.01. The summed E-state index contributed by atoms with van der Waals surface area (Å²) in [7, 11) is 0. The van der Waals surface area contributed by atoms with Gasteiger partial charge in [-0.05, 0) is 61.4 Å². The number of phenolic OH excluding ortho intramolecular Hbond substituents is 1. The van der Waals surface area contributed by atoms with Crippen LogP contribution >= 0.6 is 0 Å². The van der Waals surface area contributed by atoms with E-state index in [9.17, 15) is 9.90 Å². The number of anilines is 2. The number of phenols is 1. The minimum absolute atomic E-state index is 0.136. The molecule has 5 rings (SSSR count). The zero-order valence-corrected chi connectivity index (χ0v) is 16.6. The van der Waals surface area contributed by atoms with Crippen LogP contribution in [0.5, 0.6) is 5.75 Å². The van der Waals surface area contributed by atoms with Gasteiger partial charge in [0.1, 0.15) is 11.6 Å². The molecule has 1 aliphatic rings.